The maximum Gasteiger partial charge on any atom is 0.302 e. The number of unbranched alkanes of at least 4 members (excludes halogenated alkanes) is 5. The molecule has 0 radical (unpaired) electrons. The fraction of sp³-hybridized carbons (Fsp3) is 0.571. The maximum absolute atomic E-state index is 12.2. The Morgan fingerprint density at radius 3 is 2.11 bits per heavy atom. The van der Waals surface area contributed by atoms with Crippen molar-refractivity contribution >= 4 is 10.2 Å². The Labute approximate surface area is 115 Å². The Morgan fingerprint density at radius 1 is 0.895 bits per heavy atom. The van der Waals surface area contributed by atoms with Gasteiger partial charge in [-0.2, -0.15) is 8.42 Å². The summed E-state index contributed by atoms with van der Waals surface area (Å²) in [4.78, 5) is 0. The number of halogens is 1. The monoisotopic (exact) mass is 288 g/mol. The molecular weight excluding hydrogens is 267 g/mol. The highest BCUT2D eigenvalue weighted by atomic mass is 32.3. The van der Waals surface area contributed by atoms with Crippen molar-refractivity contribution in [3.05, 3.63) is 30.3 Å². The van der Waals surface area contributed by atoms with Crippen LogP contribution in [0.5, 0.6) is 5.75 Å². The van der Waals surface area contributed by atoms with E-state index in [4.69, 9.17) is 4.74 Å². The summed E-state index contributed by atoms with van der Waals surface area (Å²) in [5, 5.41) is 0. The van der Waals surface area contributed by atoms with E-state index in [-0.39, 0.29) is 5.75 Å². The molecule has 0 saturated carbocycles. The largest absolute Gasteiger partial charge is 0.494 e. The van der Waals surface area contributed by atoms with Crippen molar-refractivity contribution < 1.29 is 17.0 Å². The third kappa shape index (κ3) is 9.47. The summed E-state index contributed by atoms with van der Waals surface area (Å²) in [6.07, 6.45) is 5.19. The predicted octanol–water partition coefficient (Wildman–Crippen LogP) is 3.71. The lowest BCUT2D eigenvalue weighted by Crippen LogP contribution is -1.98. The first-order valence-corrected chi connectivity index (χ1v) is 8.23. The van der Waals surface area contributed by atoms with Gasteiger partial charge in [0.15, 0.2) is 0 Å². The van der Waals surface area contributed by atoms with Gasteiger partial charge in [0.25, 0.3) is 0 Å². The van der Waals surface area contributed by atoms with E-state index < -0.39 is 10.2 Å². The lowest BCUT2D eigenvalue weighted by molar-refractivity contribution is 0.304. The molecule has 3 nitrogen and oxygen atoms in total. The van der Waals surface area contributed by atoms with Gasteiger partial charge >= 0.3 is 10.2 Å². The molecule has 0 N–H and O–H groups in total. The van der Waals surface area contributed by atoms with Gasteiger partial charge < -0.3 is 4.74 Å². The van der Waals surface area contributed by atoms with Gasteiger partial charge in [-0.25, -0.2) is 0 Å². The van der Waals surface area contributed by atoms with Gasteiger partial charge in [-0.3, -0.25) is 0 Å². The molecule has 0 aliphatic heterocycles. The van der Waals surface area contributed by atoms with E-state index >= 15 is 0 Å². The van der Waals surface area contributed by atoms with E-state index in [1.165, 1.54) is 0 Å². The molecule has 0 bridgehead atoms. The molecule has 0 aromatic heterocycles. The molecule has 108 valence electrons. The van der Waals surface area contributed by atoms with Crippen LogP contribution < -0.4 is 4.74 Å². The Bertz CT molecular complexity index is 431. The Kier molecular flexibility index (Phi) is 7.48. The molecule has 0 unspecified atom stereocenters. The van der Waals surface area contributed by atoms with Crippen molar-refractivity contribution in [1.82, 2.24) is 0 Å². The molecular formula is C14H21FO3S. The molecule has 0 aliphatic rings. The molecule has 5 heteroatoms. The number of rotatable bonds is 10. The number of benzene rings is 1. The molecule has 1 rings (SSSR count). The number of hydrogen-bond acceptors (Lipinski definition) is 3. The van der Waals surface area contributed by atoms with E-state index in [1.54, 1.807) is 0 Å². The topological polar surface area (TPSA) is 43.4 Å². The standard InChI is InChI=1S/C14H21FO3S/c15-19(16,17)13-9-4-2-1-3-8-12-18-14-10-6-5-7-11-14/h5-7,10-11H,1-4,8-9,12-13H2. The van der Waals surface area contributed by atoms with Crippen LogP contribution in [0.15, 0.2) is 30.3 Å². The zero-order valence-corrected chi connectivity index (χ0v) is 11.9. The molecule has 1 aromatic carbocycles. The molecule has 19 heavy (non-hydrogen) atoms. The third-order valence-electron chi connectivity index (χ3n) is 2.79. The zero-order chi connectivity index (χ0) is 14.0. The molecule has 0 heterocycles. The molecule has 0 aliphatic carbocycles. The summed E-state index contributed by atoms with van der Waals surface area (Å²) in [5.41, 5.74) is 0. The van der Waals surface area contributed by atoms with E-state index in [1.807, 2.05) is 30.3 Å². The summed E-state index contributed by atoms with van der Waals surface area (Å²) < 4.78 is 38.2. The van der Waals surface area contributed by atoms with Crippen molar-refractivity contribution in [1.29, 1.82) is 0 Å². The second kappa shape index (κ2) is 8.91. The minimum atomic E-state index is -4.28. The fourth-order valence-corrected chi connectivity index (χ4v) is 2.34. The lowest BCUT2D eigenvalue weighted by Gasteiger charge is -2.05. The molecule has 0 amide bonds. The van der Waals surface area contributed by atoms with Gasteiger partial charge in [0.1, 0.15) is 5.75 Å². The number of hydrogen-bond donors (Lipinski definition) is 0. The van der Waals surface area contributed by atoms with Gasteiger partial charge in [-0.05, 0) is 25.0 Å². The first-order chi connectivity index (χ1) is 9.08. The summed E-state index contributed by atoms with van der Waals surface area (Å²) in [6.45, 7) is 0.697. The van der Waals surface area contributed by atoms with Crippen LogP contribution in [0.2, 0.25) is 0 Å². The second-order valence-electron chi connectivity index (χ2n) is 4.53. The van der Waals surface area contributed by atoms with Gasteiger partial charge in [0, 0.05) is 0 Å². The van der Waals surface area contributed by atoms with Crippen LogP contribution in [0.3, 0.4) is 0 Å². The van der Waals surface area contributed by atoms with E-state index in [9.17, 15) is 12.3 Å². The molecule has 0 spiro atoms. The Morgan fingerprint density at radius 2 is 1.47 bits per heavy atom. The van der Waals surface area contributed by atoms with Gasteiger partial charge in [0.05, 0.1) is 12.4 Å². The van der Waals surface area contributed by atoms with Gasteiger partial charge in [-0.1, -0.05) is 43.9 Å². The SMILES string of the molecule is O=S(=O)(F)CCCCCCCCOc1ccccc1. The summed E-state index contributed by atoms with van der Waals surface area (Å²) in [5.74, 6) is 0.542. The highest BCUT2D eigenvalue weighted by Gasteiger charge is 2.05. The molecule has 1 aromatic rings. The average Bonchev–Trinajstić information content (AvgIpc) is 2.37. The maximum atomic E-state index is 12.2. The first-order valence-electron chi connectivity index (χ1n) is 6.68. The van der Waals surface area contributed by atoms with Crippen LogP contribution in [-0.4, -0.2) is 20.8 Å². The lowest BCUT2D eigenvalue weighted by atomic mass is 10.1. The fourth-order valence-electron chi connectivity index (χ4n) is 1.79. The summed E-state index contributed by atoms with van der Waals surface area (Å²) >= 11 is 0. The van der Waals surface area contributed by atoms with E-state index in [0.29, 0.717) is 13.0 Å². The second-order valence-corrected chi connectivity index (χ2v) is 6.01. The number of para-hydroxylation sites is 1. The van der Waals surface area contributed by atoms with Crippen LogP contribution in [0.25, 0.3) is 0 Å². The first kappa shape index (κ1) is 16.0. The highest BCUT2D eigenvalue weighted by molar-refractivity contribution is 7.86. The smallest absolute Gasteiger partial charge is 0.302 e. The quantitative estimate of drug-likeness (QED) is 0.487. The average molecular weight is 288 g/mol. The van der Waals surface area contributed by atoms with Crippen molar-refractivity contribution in [2.24, 2.45) is 0 Å². The minimum Gasteiger partial charge on any atom is -0.494 e. The van der Waals surface area contributed by atoms with Crippen molar-refractivity contribution in [2.75, 3.05) is 12.4 Å². The van der Waals surface area contributed by atoms with E-state index in [0.717, 1.165) is 37.9 Å². The van der Waals surface area contributed by atoms with Gasteiger partial charge in [-0.15, -0.1) is 3.89 Å². The van der Waals surface area contributed by atoms with Crippen molar-refractivity contribution in [3.63, 3.8) is 0 Å². The van der Waals surface area contributed by atoms with Gasteiger partial charge in [0.2, 0.25) is 0 Å². The van der Waals surface area contributed by atoms with Crippen LogP contribution in [0.4, 0.5) is 3.89 Å². The summed E-state index contributed by atoms with van der Waals surface area (Å²) in [6, 6.07) is 9.68. The Hall–Kier alpha value is -1.10. The minimum absolute atomic E-state index is 0.343. The predicted molar refractivity (Wildman–Crippen MR) is 74.5 cm³/mol. The molecule has 0 fully saturated rings. The molecule has 0 saturated heterocycles. The Balaban J connectivity index is 1.89. The van der Waals surface area contributed by atoms with Crippen LogP contribution >= 0.6 is 0 Å². The third-order valence-corrected chi connectivity index (χ3v) is 3.57. The van der Waals surface area contributed by atoms with Crippen LogP contribution in [-0.2, 0) is 10.2 Å². The summed E-state index contributed by atoms with van der Waals surface area (Å²) in [7, 11) is -4.28. The van der Waals surface area contributed by atoms with E-state index in [2.05, 4.69) is 0 Å². The van der Waals surface area contributed by atoms with Crippen molar-refractivity contribution in [3.8, 4) is 5.75 Å². The van der Waals surface area contributed by atoms with Crippen LogP contribution in [0.1, 0.15) is 38.5 Å². The normalized spacial score (nSPS) is 11.4. The van der Waals surface area contributed by atoms with Crippen LogP contribution in [0, 0.1) is 0 Å². The van der Waals surface area contributed by atoms with Crippen molar-refractivity contribution in [2.45, 2.75) is 38.5 Å². The molecule has 0 atom stereocenters. The number of ether oxygens (including phenoxy) is 1. The highest BCUT2D eigenvalue weighted by Crippen LogP contribution is 2.11. The zero-order valence-electron chi connectivity index (χ0n) is 11.1.